The third kappa shape index (κ3) is 4.45. The SMILES string of the molecule is CCNc1ccc(CN2CCN(CCO)CC2)cn1. The van der Waals surface area contributed by atoms with Gasteiger partial charge in [0.1, 0.15) is 5.82 Å². The molecule has 0 aliphatic carbocycles. The van der Waals surface area contributed by atoms with Gasteiger partial charge in [-0.2, -0.15) is 0 Å². The van der Waals surface area contributed by atoms with Crippen LogP contribution in [0.4, 0.5) is 5.82 Å². The summed E-state index contributed by atoms with van der Waals surface area (Å²) in [5.41, 5.74) is 1.26. The zero-order chi connectivity index (χ0) is 13.5. The van der Waals surface area contributed by atoms with Crippen molar-refractivity contribution in [2.45, 2.75) is 13.5 Å². The van der Waals surface area contributed by atoms with Crippen molar-refractivity contribution in [1.82, 2.24) is 14.8 Å². The maximum Gasteiger partial charge on any atom is 0.125 e. The molecule has 106 valence electrons. The van der Waals surface area contributed by atoms with Gasteiger partial charge in [0.25, 0.3) is 0 Å². The highest BCUT2D eigenvalue weighted by molar-refractivity contribution is 5.35. The highest BCUT2D eigenvalue weighted by atomic mass is 16.3. The third-order valence-corrected chi connectivity index (χ3v) is 3.47. The third-order valence-electron chi connectivity index (χ3n) is 3.47. The second kappa shape index (κ2) is 7.43. The molecule has 1 aliphatic heterocycles. The topological polar surface area (TPSA) is 51.6 Å². The van der Waals surface area contributed by atoms with Crippen molar-refractivity contribution in [2.24, 2.45) is 0 Å². The van der Waals surface area contributed by atoms with E-state index in [-0.39, 0.29) is 6.61 Å². The summed E-state index contributed by atoms with van der Waals surface area (Å²) in [7, 11) is 0. The Labute approximate surface area is 115 Å². The fourth-order valence-corrected chi connectivity index (χ4v) is 2.37. The molecule has 5 heteroatoms. The van der Waals surface area contributed by atoms with Crippen LogP contribution in [0.15, 0.2) is 18.3 Å². The van der Waals surface area contributed by atoms with Gasteiger partial charge < -0.3 is 10.4 Å². The molecular weight excluding hydrogens is 240 g/mol. The standard InChI is InChI=1S/C14H24N4O/c1-2-15-14-4-3-13(11-16-14)12-18-7-5-17(6-8-18)9-10-19/h3-4,11,19H,2,5-10,12H2,1H3,(H,15,16). The summed E-state index contributed by atoms with van der Waals surface area (Å²) < 4.78 is 0. The number of rotatable bonds is 6. The van der Waals surface area contributed by atoms with Gasteiger partial charge in [0.05, 0.1) is 6.61 Å². The Morgan fingerprint density at radius 2 is 1.95 bits per heavy atom. The number of aliphatic hydroxyl groups excluding tert-OH is 1. The van der Waals surface area contributed by atoms with E-state index in [4.69, 9.17) is 5.11 Å². The van der Waals surface area contributed by atoms with E-state index in [9.17, 15) is 0 Å². The maximum atomic E-state index is 8.92. The Balaban J connectivity index is 1.78. The molecule has 1 aromatic heterocycles. The van der Waals surface area contributed by atoms with Crippen LogP contribution in [-0.4, -0.2) is 65.8 Å². The van der Waals surface area contributed by atoms with E-state index in [1.165, 1.54) is 5.56 Å². The lowest BCUT2D eigenvalue weighted by atomic mass is 10.2. The molecule has 2 rings (SSSR count). The first kappa shape index (κ1) is 14.2. The number of piperazine rings is 1. The van der Waals surface area contributed by atoms with Crippen molar-refractivity contribution < 1.29 is 5.11 Å². The second-order valence-electron chi connectivity index (χ2n) is 4.92. The summed E-state index contributed by atoms with van der Waals surface area (Å²) >= 11 is 0. The Hall–Kier alpha value is -1.17. The van der Waals surface area contributed by atoms with E-state index in [1.807, 2.05) is 12.3 Å². The number of nitrogens with one attached hydrogen (secondary N) is 1. The lowest BCUT2D eigenvalue weighted by molar-refractivity contribution is 0.108. The predicted molar refractivity (Wildman–Crippen MR) is 77.2 cm³/mol. The summed E-state index contributed by atoms with van der Waals surface area (Å²) in [5, 5.41) is 12.1. The van der Waals surface area contributed by atoms with Crippen LogP contribution in [0, 0.1) is 0 Å². The minimum absolute atomic E-state index is 0.260. The Morgan fingerprint density at radius 1 is 1.21 bits per heavy atom. The number of aromatic nitrogens is 1. The van der Waals surface area contributed by atoms with Crippen LogP contribution in [-0.2, 0) is 6.54 Å². The highest BCUT2D eigenvalue weighted by Gasteiger charge is 2.16. The van der Waals surface area contributed by atoms with Gasteiger partial charge in [0, 0.05) is 52.0 Å². The van der Waals surface area contributed by atoms with Crippen LogP contribution in [0.5, 0.6) is 0 Å². The molecule has 1 aromatic rings. The van der Waals surface area contributed by atoms with E-state index in [0.717, 1.165) is 51.6 Å². The van der Waals surface area contributed by atoms with Crippen molar-refractivity contribution in [3.8, 4) is 0 Å². The highest BCUT2D eigenvalue weighted by Crippen LogP contribution is 2.10. The smallest absolute Gasteiger partial charge is 0.125 e. The second-order valence-corrected chi connectivity index (χ2v) is 4.92. The molecule has 0 spiro atoms. The van der Waals surface area contributed by atoms with Gasteiger partial charge in [-0.3, -0.25) is 9.80 Å². The Bertz CT molecular complexity index is 360. The van der Waals surface area contributed by atoms with Crippen LogP contribution in [0.25, 0.3) is 0 Å². The number of β-amino-alcohol motifs (C(OH)–C–C–N with tert-alkyl or cyclic N) is 1. The normalized spacial score (nSPS) is 17.6. The van der Waals surface area contributed by atoms with Gasteiger partial charge in [-0.15, -0.1) is 0 Å². The van der Waals surface area contributed by atoms with Crippen LogP contribution >= 0.6 is 0 Å². The number of hydrogen-bond donors (Lipinski definition) is 2. The fraction of sp³-hybridized carbons (Fsp3) is 0.643. The van der Waals surface area contributed by atoms with Crippen molar-refractivity contribution in [3.05, 3.63) is 23.9 Å². The minimum Gasteiger partial charge on any atom is -0.395 e. The number of pyridine rings is 1. The number of hydrogen-bond acceptors (Lipinski definition) is 5. The van der Waals surface area contributed by atoms with Crippen molar-refractivity contribution in [1.29, 1.82) is 0 Å². The molecule has 1 fully saturated rings. The zero-order valence-electron chi connectivity index (χ0n) is 11.7. The number of aliphatic hydroxyl groups is 1. The maximum absolute atomic E-state index is 8.92. The van der Waals surface area contributed by atoms with E-state index in [2.05, 4.69) is 33.1 Å². The lowest BCUT2D eigenvalue weighted by Crippen LogP contribution is -2.46. The minimum atomic E-state index is 0.260. The zero-order valence-corrected chi connectivity index (χ0v) is 11.7. The van der Waals surface area contributed by atoms with Crippen LogP contribution in [0.2, 0.25) is 0 Å². The molecule has 2 heterocycles. The molecule has 0 amide bonds. The van der Waals surface area contributed by atoms with Gasteiger partial charge in [-0.25, -0.2) is 4.98 Å². The van der Waals surface area contributed by atoms with Gasteiger partial charge in [-0.1, -0.05) is 6.07 Å². The summed E-state index contributed by atoms with van der Waals surface area (Å²) in [4.78, 5) is 9.15. The van der Waals surface area contributed by atoms with E-state index in [1.54, 1.807) is 0 Å². The molecule has 5 nitrogen and oxygen atoms in total. The molecule has 0 radical (unpaired) electrons. The summed E-state index contributed by atoms with van der Waals surface area (Å²) in [6.45, 7) is 9.21. The Morgan fingerprint density at radius 3 is 2.53 bits per heavy atom. The monoisotopic (exact) mass is 264 g/mol. The molecule has 0 unspecified atom stereocenters. The summed E-state index contributed by atoms with van der Waals surface area (Å²) in [6, 6.07) is 4.19. The van der Waals surface area contributed by atoms with Gasteiger partial charge in [0.2, 0.25) is 0 Å². The van der Waals surface area contributed by atoms with E-state index < -0.39 is 0 Å². The van der Waals surface area contributed by atoms with Crippen molar-refractivity contribution in [3.63, 3.8) is 0 Å². The summed E-state index contributed by atoms with van der Waals surface area (Å²) in [6.07, 6.45) is 1.96. The fourth-order valence-electron chi connectivity index (χ4n) is 2.37. The molecule has 1 aliphatic rings. The molecule has 0 bridgehead atoms. The van der Waals surface area contributed by atoms with Crippen molar-refractivity contribution in [2.75, 3.05) is 51.2 Å². The van der Waals surface area contributed by atoms with E-state index in [0.29, 0.717) is 0 Å². The predicted octanol–water partition coefficient (Wildman–Crippen LogP) is 0.623. The molecule has 0 aromatic carbocycles. The molecule has 2 N–H and O–H groups in total. The average Bonchev–Trinajstić information content (AvgIpc) is 2.44. The lowest BCUT2D eigenvalue weighted by Gasteiger charge is -2.34. The van der Waals surface area contributed by atoms with Crippen molar-refractivity contribution >= 4 is 5.82 Å². The first-order valence-electron chi connectivity index (χ1n) is 7.06. The molecule has 1 saturated heterocycles. The number of nitrogens with zero attached hydrogens (tertiary/aromatic N) is 3. The van der Waals surface area contributed by atoms with Crippen LogP contribution in [0.3, 0.4) is 0 Å². The quantitative estimate of drug-likeness (QED) is 0.789. The van der Waals surface area contributed by atoms with Crippen LogP contribution < -0.4 is 5.32 Å². The Kier molecular flexibility index (Phi) is 5.57. The van der Waals surface area contributed by atoms with Gasteiger partial charge >= 0.3 is 0 Å². The molecule has 19 heavy (non-hydrogen) atoms. The first-order chi connectivity index (χ1) is 9.31. The van der Waals surface area contributed by atoms with Gasteiger partial charge in [-0.05, 0) is 18.6 Å². The molecule has 0 atom stereocenters. The molecular formula is C14H24N4O. The molecule has 0 saturated carbocycles. The van der Waals surface area contributed by atoms with E-state index >= 15 is 0 Å². The number of anilines is 1. The van der Waals surface area contributed by atoms with Crippen LogP contribution in [0.1, 0.15) is 12.5 Å². The average molecular weight is 264 g/mol. The summed E-state index contributed by atoms with van der Waals surface area (Å²) in [5.74, 6) is 0.944. The first-order valence-corrected chi connectivity index (χ1v) is 7.06. The largest absolute Gasteiger partial charge is 0.395 e. The van der Waals surface area contributed by atoms with Gasteiger partial charge in [0.15, 0.2) is 0 Å².